The Bertz CT molecular complexity index is 634. The zero-order valence-corrected chi connectivity index (χ0v) is 13.8. The first-order chi connectivity index (χ1) is 10.4. The third kappa shape index (κ3) is 4.09. The molecule has 0 spiro atoms. The maximum atomic E-state index is 5.74. The summed E-state index contributed by atoms with van der Waals surface area (Å²) in [4.78, 5) is 8.47. The van der Waals surface area contributed by atoms with Crippen molar-refractivity contribution in [2.75, 3.05) is 7.05 Å². The second-order valence-corrected chi connectivity index (χ2v) is 6.09. The van der Waals surface area contributed by atoms with Gasteiger partial charge in [-0.2, -0.15) is 5.10 Å². The fourth-order valence-corrected chi connectivity index (χ4v) is 1.87. The first kappa shape index (κ1) is 16.1. The predicted octanol–water partition coefficient (Wildman–Crippen LogP) is 1.57. The summed E-state index contributed by atoms with van der Waals surface area (Å²) < 4.78 is 7.57. The number of hydrogen-bond donors (Lipinski definition) is 2. The zero-order valence-electron chi connectivity index (χ0n) is 13.8. The minimum Gasteiger partial charge on any atom is -0.443 e. The Balaban J connectivity index is 1.86. The third-order valence-electron chi connectivity index (χ3n) is 3.28. The highest BCUT2D eigenvalue weighted by Crippen LogP contribution is 2.22. The lowest BCUT2D eigenvalue weighted by atomic mass is 9.94. The van der Waals surface area contributed by atoms with Gasteiger partial charge in [-0.1, -0.05) is 20.8 Å². The van der Waals surface area contributed by atoms with Gasteiger partial charge in [0, 0.05) is 25.7 Å². The third-order valence-corrected chi connectivity index (χ3v) is 3.28. The number of nitrogens with one attached hydrogen (secondary N) is 2. The van der Waals surface area contributed by atoms with Crippen molar-refractivity contribution in [2.45, 2.75) is 39.3 Å². The molecule has 0 atom stereocenters. The van der Waals surface area contributed by atoms with Crippen molar-refractivity contribution < 1.29 is 4.42 Å². The molecule has 0 aromatic carbocycles. The highest BCUT2D eigenvalue weighted by molar-refractivity contribution is 5.79. The van der Waals surface area contributed by atoms with E-state index < -0.39 is 0 Å². The first-order valence-corrected chi connectivity index (χ1v) is 7.26. The van der Waals surface area contributed by atoms with Crippen LogP contribution in [0, 0.1) is 0 Å². The highest BCUT2D eigenvalue weighted by Gasteiger charge is 2.19. The van der Waals surface area contributed by atoms with Crippen LogP contribution in [0.1, 0.15) is 38.1 Å². The molecular weight excluding hydrogens is 280 g/mol. The Kier molecular flexibility index (Phi) is 4.85. The summed E-state index contributed by atoms with van der Waals surface area (Å²) in [6.45, 7) is 7.42. The van der Waals surface area contributed by atoms with E-state index in [2.05, 4.69) is 46.5 Å². The molecule has 0 saturated carbocycles. The van der Waals surface area contributed by atoms with Gasteiger partial charge in [0.2, 0.25) is 5.89 Å². The molecule has 2 N–H and O–H groups in total. The van der Waals surface area contributed by atoms with Crippen LogP contribution in [0.5, 0.6) is 0 Å². The van der Waals surface area contributed by atoms with E-state index in [1.807, 2.05) is 17.8 Å². The lowest BCUT2D eigenvalue weighted by Gasteiger charge is -2.13. The van der Waals surface area contributed by atoms with E-state index in [0.29, 0.717) is 24.9 Å². The molecule has 120 valence electrons. The van der Waals surface area contributed by atoms with Gasteiger partial charge < -0.3 is 15.1 Å². The minimum atomic E-state index is -0.0370. The van der Waals surface area contributed by atoms with Crippen LogP contribution in [0.2, 0.25) is 0 Å². The van der Waals surface area contributed by atoms with Crippen LogP contribution in [0.25, 0.3) is 0 Å². The molecule has 2 rings (SSSR count). The molecule has 7 heteroatoms. The van der Waals surface area contributed by atoms with Crippen molar-refractivity contribution in [3.05, 3.63) is 35.8 Å². The molecule has 0 aliphatic heterocycles. The minimum absolute atomic E-state index is 0.0370. The summed E-state index contributed by atoms with van der Waals surface area (Å²) in [5.41, 5.74) is 1.04. The van der Waals surface area contributed by atoms with E-state index in [0.717, 1.165) is 11.5 Å². The quantitative estimate of drug-likeness (QED) is 0.662. The van der Waals surface area contributed by atoms with Gasteiger partial charge in [0.1, 0.15) is 5.76 Å². The van der Waals surface area contributed by atoms with Crippen molar-refractivity contribution >= 4 is 5.96 Å². The van der Waals surface area contributed by atoms with E-state index in [1.165, 1.54) is 0 Å². The lowest BCUT2D eigenvalue weighted by Crippen LogP contribution is -2.36. The number of rotatable bonds is 4. The van der Waals surface area contributed by atoms with Gasteiger partial charge in [0.25, 0.3) is 0 Å². The van der Waals surface area contributed by atoms with Crippen molar-refractivity contribution in [1.82, 2.24) is 25.4 Å². The molecule has 0 radical (unpaired) electrons. The molecule has 0 amide bonds. The van der Waals surface area contributed by atoms with E-state index in [9.17, 15) is 0 Å². The molecule has 0 aliphatic rings. The summed E-state index contributed by atoms with van der Waals surface area (Å²) in [6.07, 6.45) is 3.55. The smallest absolute Gasteiger partial charge is 0.213 e. The van der Waals surface area contributed by atoms with Crippen molar-refractivity contribution in [3.8, 4) is 0 Å². The average Bonchev–Trinajstić information content (AvgIpc) is 3.08. The Morgan fingerprint density at radius 2 is 2.05 bits per heavy atom. The van der Waals surface area contributed by atoms with E-state index in [4.69, 9.17) is 4.42 Å². The van der Waals surface area contributed by atoms with Gasteiger partial charge in [0.15, 0.2) is 5.96 Å². The molecule has 7 nitrogen and oxygen atoms in total. The second-order valence-electron chi connectivity index (χ2n) is 6.09. The Morgan fingerprint density at radius 1 is 1.32 bits per heavy atom. The lowest BCUT2D eigenvalue weighted by molar-refractivity contribution is 0.379. The summed E-state index contributed by atoms with van der Waals surface area (Å²) in [6, 6.07) is 1.96. The molecule has 0 bridgehead atoms. The standard InChI is InChI=1S/C15H24N6O/c1-15(2,3)12-9-17-13(22-12)10-19-14(16-4)18-8-11-6-7-20-21(11)5/h6-7,9H,8,10H2,1-5H3,(H2,16,18,19). The summed E-state index contributed by atoms with van der Waals surface area (Å²) in [5.74, 6) is 2.22. The number of hydrogen-bond acceptors (Lipinski definition) is 4. The Morgan fingerprint density at radius 3 is 2.59 bits per heavy atom. The van der Waals surface area contributed by atoms with Gasteiger partial charge in [0.05, 0.1) is 25.0 Å². The molecule has 0 aliphatic carbocycles. The molecule has 0 saturated heterocycles. The fourth-order valence-electron chi connectivity index (χ4n) is 1.87. The van der Waals surface area contributed by atoms with Crippen molar-refractivity contribution in [1.29, 1.82) is 0 Å². The zero-order chi connectivity index (χ0) is 16.2. The van der Waals surface area contributed by atoms with E-state index >= 15 is 0 Å². The average molecular weight is 304 g/mol. The molecule has 0 fully saturated rings. The topological polar surface area (TPSA) is 80.3 Å². The SMILES string of the molecule is CN=C(NCc1ncc(C(C)(C)C)o1)NCc1ccnn1C. The molecule has 2 heterocycles. The van der Waals surface area contributed by atoms with Gasteiger partial charge in [-0.25, -0.2) is 4.98 Å². The maximum absolute atomic E-state index is 5.74. The van der Waals surface area contributed by atoms with Crippen molar-refractivity contribution in [3.63, 3.8) is 0 Å². The molecule has 22 heavy (non-hydrogen) atoms. The summed E-state index contributed by atoms with van der Waals surface area (Å²) in [5, 5.41) is 10.5. The summed E-state index contributed by atoms with van der Waals surface area (Å²) >= 11 is 0. The first-order valence-electron chi connectivity index (χ1n) is 7.26. The van der Waals surface area contributed by atoms with Gasteiger partial charge in [-0.15, -0.1) is 0 Å². The van der Waals surface area contributed by atoms with Gasteiger partial charge in [-0.3, -0.25) is 9.67 Å². The van der Waals surface area contributed by atoms with Crippen LogP contribution >= 0.6 is 0 Å². The van der Waals surface area contributed by atoms with Crippen LogP contribution in [0.3, 0.4) is 0 Å². The molecule has 2 aromatic rings. The van der Waals surface area contributed by atoms with Gasteiger partial charge in [-0.05, 0) is 6.07 Å². The van der Waals surface area contributed by atoms with E-state index in [1.54, 1.807) is 19.4 Å². The highest BCUT2D eigenvalue weighted by atomic mass is 16.4. The van der Waals surface area contributed by atoms with Crippen LogP contribution in [0.4, 0.5) is 0 Å². The monoisotopic (exact) mass is 304 g/mol. The number of nitrogens with zero attached hydrogens (tertiary/aromatic N) is 4. The molecule has 2 aromatic heterocycles. The number of oxazole rings is 1. The number of aryl methyl sites for hydroxylation is 1. The number of guanidine groups is 1. The van der Waals surface area contributed by atoms with Crippen LogP contribution in [-0.4, -0.2) is 27.8 Å². The van der Waals surface area contributed by atoms with E-state index in [-0.39, 0.29) is 5.41 Å². The molecule has 0 unspecified atom stereocenters. The van der Waals surface area contributed by atoms with Crippen molar-refractivity contribution in [2.24, 2.45) is 12.0 Å². The Hall–Kier alpha value is -2.31. The largest absolute Gasteiger partial charge is 0.443 e. The summed E-state index contributed by atoms with van der Waals surface area (Å²) in [7, 11) is 3.64. The fraction of sp³-hybridized carbons (Fsp3) is 0.533. The van der Waals surface area contributed by atoms with Gasteiger partial charge >= 0.3 is 0 Å². The van der Waals surface area contributed by atoms with Crippen LogP contribution in [-0.2, 0) is 25.6 Å². The van der Waals surface area contributed by atoms with Crippen LogP contribution in [0.15, 0.2) is 27.9 Å². The Labute approximate surface area is 130 Å². The van der Waals surface area contributed by atoms with Crippen LogP contribution < -0.4 is 10.6 Å². The maximum Gasteiger partial charge on any atom is 0.213 e. The number of aromatic nitrogens is 3. The second kappa shape index (κ2) is 6.64. The normalized spacial score (nSPS) is 12.5. The molecular formula is C15H24N6O. The number of aliphatic imine (C=N–C) groups is 1. The predicted molar refractivity (Wildman–Crippen MR) is 85.4 cm³/mol.